The molecule has 0 aliphatic carbocycles. The molecule has 1 amide bonds. The first-order valence-electron chi connectivity index (χ1n) is 4.81. The van der Waals surface area contributed by atoms with Crippen LogP contribution < -0.4 is 11.1 Å². The molecule has 0 saturated carbocycles. The Labute approximate surface area is 83.8 Å². The normalized spacial score (nSPS) is 24.5. The highest BCUT2D eigenvalue weighted by atomic mass is 32.2. The molecule has 1 heterocycles. The van der Waals surface area contributed by atoms with E-state index in [1.165, 1.54) is 0 Å². The molecule has 0 bridgehead atoms. The van der Waals surface area contributed by atoms with Crippen molar-refractivity contribution in [3.05, 3.63) is 0 Å². The van der Waals surface area contributed by atoms with Crippen LogP contribution in [0.2, 0.25) is 0 Å². The Balaban J connectivity index is 1.97. The molecule has 3 nitrogen and oxygen atoms in total. The van der Waals surface area contributed by atoms with Gasteiger partial charge in [0.25, 0.3) is 0 Å². The van der Waals surface area contributed by atoms with Crippen LogP contribution in [0, 0.1) is 0 Å². The first kappa shape index (κ1) is 10.9. The maximum Gasteiger partial charge on any atom is 0.220 e. The van der Waals surface area contributed by atoms with Gasteiger partial charge in [0, 0.05) is 24.3 Å². The van der Waals surface area contributed by atoms with Crippen LogP contribution in [0.3, 0.4) is 0 Å². The second kappa shape index (κ2) is 5.50. The Kier molecular flexibility index (Phi) is 4.59. The topological polar surface area (TPSA) is 55.1 Å². The monoisotopic (exact) mass is 202 g/mol. The zero-order chi connectivity index (χ0) is 9.68. The van der Waals surface area contributed by atoms with E-state index in [1.54, 1.807) is 0 Å². The molecule has 1 aliphatic rings. The van der Waals surface area contributed by atoms with E-state index in [0.29, 0.717) is 18.5 Å². The van der Waals surface area contributed by atoms with Gasteiger partial charge in [-0.05, 0) is 25.5 Å². The van der Waals surface area contributed by atoms with Crippen molar-refractivity contribution in [2.75, 3.05) is 11.5 Å². The summed E-state index contributed by atoms with van der Waals surface area (Å²) in [4.78, 5) is 10.9. The molecule has 2 atom stereocenters. The molecule has 0 radical (unpaired) electrons. The number of carbonyl (C=O) groups excluding carboxylic acids is 1. The molecule has 3 N–H and O–H groups in total. The number of carbonyl (C=O) groups is 1. The zero-order valence-corrected chi connectivity index (χ0v) is 8.90. The maximum atomic E-state index is 10.9. The van der Waals surface area contributed by atoms with Crippen LogP contribution in [0.25, 0.3) is 0 Å². The average molecular weight is 202 g/mol. The van der Waals surface area contributed by atoms with Crippen molar-refractivity contribution in [3.8, 4) is 0 Å². The van der Waals surface area contributed by atoms with Crippen LogP contribution in [-0.4, -0.2) is 29.5 Å². The molecule has 76 valence electrons. The van der Waals surface area contributed by atoms with Crippen LogP contribution in [0.1, 0.15) is 26.2 Å². The Morgan fingerprint density at radius 1 is 1.77 bits per heavy atom. The lowest BCUT2D eigenvalue weighted by molar-refractivity contribution is -0.119. The molecule has 0 aromatic rings. The van der Waals surface area contributed by atoms with Crippen LogP contribution in [-0.2, 0) is 4.79 Å². The highest BCUT2D eigenvalue weighted by Crippen LogP contribution is 2.13. The molecule has 1 saturated heterocycles. The van der Waals surface area contributed by atoms with Gasteiger partial charge in [0.15, 0.2) is 0 Å². The molecule has 0 aromatic carbocycles. The van der Waals surface area contributed by atoms with Gasteiger partial charge in [-0.2, -0.15) is 11.8 Å². The van der Waals surface area contributed by atoms with Gasteiger partial charge < -0.3 is 11.1 Å². The second-order valence-electron chi connectivity index (χ2n) is 3.64. The molecular weight excluding hydrogens is 184 g/mol. The van der Waals surface area contributed by atoms with Crippen molar-refractivity contribution >= 4 is 17.7 Å². The first-order valence-corrected chi connectivity index (χ1v) is 5.96. The van der Waals surface area contributed by atoms with Gasteiger partial charge in [-0.1, -0.05) is 0 Å². The van der Waals surface area contributed by atoms with E-state index in [-0.39, 0.29) is 5.91 Å². The summed E-state index contributed by atoms with van der Waals surface area (Å²) in [5, 5.41) is 2.95. The van der Waals surface area contributed by atoms with Crippen LogP contribution in [0.15, 0.2) is 0 Å². The van der Waals surface area contributed by atoms with Gasteiger partial charge in [0.2, 0.25) is 5.91 Å². The molecule has 13 heavy (non-hydrogen) atoms. The fourth-order valence-corrected chi connectivity index (χ4v) is 2.54. The Morgan fingerprint density at radius 2 is 2.54 bits per heavy atom. The lowest BCUT2D eigenvalue weighted by Crippen LogP contribution is -2.27. The third-order valence-electron chi connectivity index (χ3n) is 2.12. The molecule has 2 unspecified atom stereocenters. The lowest BCUT2D eigenvalue weighted by atomic mass is 10.2. The lowest BCUT2D eigenvalue weighted by Gasteiger charge is -2.09. The van der Waals surface area contributed by atoms with Crippen molar-refractivity contribution in [1.82, 2.24) is 5.32 Å². The highest BCUT2D eigenvalue weighted by molar-refractivity contribution is 7.99. The minimum Gasteiger partial charge on any atom is -0.353 e. The summed E-state index contributed by atoms with van der Waals surface area (Å²) < 4.78 is 0. The van der Waals surface area contributed by atoms with Crippen molar-refractivity contribution < 1.29 is 4.79 Å². The third kappa shape index (κ3) is 4.52. The SMILES string of the molecule is CC(N)CCSCC1CCC(=O)N1. The van der Waals surface area contributed by atoms with Gasteiger partial charge in [-0.25, -0.2) is 0 Å². The highest BCUT2D eigenvalue weighted by Gasteiger charge is 2.19. The molecule has 1 fully saturated rings. The minimum atomic E-state index is 0.206. The minimum absolute atomic E-state index is 0.206. The summed E-state index contributed by atoms with van der Waals surface area (Å²) in [6.07, 6.45) is 2.77. The van der Waals surface area contributed by atoms with Gasteiger partial charge in [0.1, 0.15) is 0 Å². The van der Waals surface area contributed by atoms with Gasteiger partial charge in [-0.3, -0.25) is 4.79 Å². The Bertz CT molecular complexity index is 173. The van der Waals surface area contributed by atoms with Gasteiger partial charge in [-0.15, -0.1) is 0 Å². The van der Waals surface area contributed by atoms with E-state index in [4.69, 9.17) is 5.73 Å². The molecule has 1 aliphatic heterocycles. The maximum absolute atomic E-state index is 10.9. The Morgan fingerprint density at radius 3 is 3.08 bits per heavy atom. The summed E-state index contributed by atoms with van der Waals surface area (Å²) in [6.45, 7) is 2.03. The van der Waals surface area contributed by atoms with Crippen molar-refractivity contribution in [3.63, 3.8) is 0 Å². The summed E-state index contributed by atoms with van der Waals surface area (Å²) in [6, 6.07) is 0.705. The number of rotatable bonds is 5. The van der Waals surface area contributed by atoms with Crippen molar-refractivity contribution in [1.29, 1.82) is 0 Å². The number of nitrogens with two attached hydrogens (primary N) is 1. The van der Waals surface area contributed by atoms with E-state index < -0.39 is 0 Å². The van der Waals surface area contributed by atoms with Crippen molar-refractivity contribution in [2.24, 2.45) is 5.73 Å². The average Bonchev–Trinajstić information content (AvgIpc) is 2.45. The summed E-state index contributed by atoms with van der Waals surface area (Å²) >= 11 is 1.89. The number of hydrogen-bond acceptors (Lipinski definition) is 3. The van der Waals surface area contributed by atoms with E-state index >= 15 is 0 Å². The number of nitrogens with one attached hydrogen (secondary N) is 1. The first-order chi connectivity index (χ1) is 6.18. The summed E-state index contributed by atoms with van der Waals surface area (Å²) in [5.74, 6) is 2.35. The molecule has 1 rings (SSSR count). The summed E-state index contributed by atoms with van der Waals surface area (Å²) in [7, 11) is 0. The standard InChI is InChI=1S/C9H18N2OS/c1-7(10)4-5-13-6-8-2-3-9(12)11-8/h7-8H,2-6,10H2,1H3,(H,11,12). The molecule has 0 aromatic heterocycles. The number of amides is 1. The fraction of sp³-hybridized carbons (Fsp3) is 0.889. The zero-order valence-electron chi connectivity index (χ0n) is 8.08. The number of thioether (sulfide) groups is 1. The largest absolute Gasteiger partial charge is 0.353 e. The van der Waals surface area contributed by atoms with E-state index in [9.17, 15) is 4.79 Å². The molecular formula is C9H18N2OS. The van der Waals surface area contributed by atoms with Crippen LogP contribution in [0.5, 0.6) is 0 Å². The van der Waals surface area contributed by atoms with Gasteiger partial charge >= 0.3 is 0 Å². The smallest absolute Gasteiger partial charge is 0.220 e. The van der Waals surface area contributed by atoms with E-state index in [0.717, 1.165) is 24.3 Å². The second-order valence-corrected chi connectivity index (χ2v) is 4.79. The predicted molar refractivity (Wildman–Crippen MR) is 56.8 cm³/mol. The Hall–Kier alpha value is -0.220. The molecule has 0 spiro atoms. The van der Waals surface area contributed by atoms with E-state index in [2.05, 4.69) is 5.32 Å². The van der Waals surface area contributed by atoms with Crippen LogP contribution >= 0.6 is 11.8 Å². The quantitative estimate of drug-likeness (QED) is 0.646. The predicted octanol–water partition coefficient (Wildman–Crippen LogP) is 0.736. The van der Waals surface area contributed by atoms with E-state index in [1.807, 2.05) is 18.7 Å². The third-order valence-corrected chi connectivity index (χ3v) is 3.28. The summed E-state index contributed by atoms with van der Waals surface area (Å²) in [5.41, 5.74) is 5.63. The van der Waals surface area contributed by atoms with Gasteiger partial charge in [0.05, 0.1) is 0 Å². The number of hydrogen-bond donors (Lipinski definition) is 2. The van der Waals surface area contributed by atoms with Crippen molar-refractivity contribution in [2.45, 2.75) is 38.3 Å². The van der Waals surface area contributed by atoms with Crippen LogP contribution in [0.4, 0.5) is 0 Å². The fourth-order valence-electron chi connectivity index (χ4n) is 1.30. The molecule has 4 heteroatoms.